The maximum atomic E-state index is 5.23. The average Bonchev–Trinajstić information content (AvgIpc) is 3.23. The summed E-state index contributed by atoms with van der Waals surface area (Å²) >= 11 is 0. The minimum Gasteiger partial charge on any atom is -0.497 e. The Labute approximate surface area is 161 Å². The molecule has 1 saturated heterocycles. The highest BCUT2D eigenvalue weighted by molar-refractivity contribution is 5.60. The Morgan fingerprint density at radius 2 is 1.78 bits per heavy atom. The Morgan fingerprint density at radius 1 is 1.04 bits per heavy atom. The van der Waals surface area contributed by atoms with Crippen LogP contribution in [0.1, 0.15) is 44.9 Å². The maximum Gasteiger partial charge on any atom is 0.243 e. The van der Waals surface area contributed by atoms with Crippen LogP contribution >= 0.6 is 0 Å². The van der Waals surface area contributed by atoms with E-state index in [9.17, 15) is 0 Å². The number of hydrogen-bond acceptors (Lipinski definition) is 6. The standard InChI is InChI=1S/C21H29N5O/c1-27-18-9-7-17(8-10-18)19-15-23-25-20(24-19)22-16-21(11-3-4-12-21)26-13-5-2-6-14-26/h7-10,15H,2-6,11-14,16H2,1H3,(H,22,24,25). The Balaban J connectivity index is 1.47. The zero-order chi connectivity index (χ0) is 18.5. The van der Waals surface area contributed by atoms with E-state index in [1.54, 1.807) is 13.3 Å². The number of methoxy groups -OCH3 is 1. The van der Waals surface area contributed by atoms with Crippen molar-refractivity contribution in [1.29, 1.82) is 0 Å². The quantitative estimate of drug-likeness (QED) is 0.839. The number of likely N-dealkylation sites (tertiary alicyclic amines) is 1. The predicted molar refractivity (Wildman–Crippen MR) is 107 cm³/mol. The van der Waals surface area contributed by atoms with Crippen LogP contribution in [0.3, 0.4) is 0 Å². The normalized spacial score (nSPS) is 19.7. The highest BCUT2D eigenvalue weighted by Gasteiger charge is 2.39. The van der Waals surface area contributed by atoms with Gasteiger partial charge in [-0.3, -0.25) is 4.90 Å². The summed E-state index contributed by atoms with van der Waals surface area (Å²) in [6.45, 7) is 3.36. The topological polar surface area (TPSA) is 63.2 Å². The van der Waals surface area contributed by atoms with Gasteiger partial charge in [-0.05, 0) is 63.0 Å². The van der Waals surface area contributed by atoms with E-state index < -0.39 is 0 Å². The van der Waals surface area contributed by atoms with Crippen LogP contribution in [0, 0.1) is 0 Å². The van der Waals surface area contributed by atoms with E-state index in [1.165, 1.54) is 58.0 Å². The summed E-state index contributed by atoms with van der Waals surface area (Å²) in [6.07, 6.45) is 10.9. The molecule has 2 aliphatic rings. The SMILES string of the molecule is COc1ccc(-c2cnnc(NCC3(N4CCCCC4)CCCC3)n2)cc1. The minimum atomic E-state index is 0.264. The average molecular weight is 367 g/mol. The van der Waals surface area contributed by atoms with Crippen LogP contribution < -0.4 is 10.1 Å². The lowest BCUT2D eigenvalue weighted by molar-refractivity contribution is 0.0807. The molecule has 2 aromatic rings. The van der Waals surface area contributed by atoms with Crippen LogP contribution in [0.4, 0.5) is 5.95 Å². The first-order chi connectivity index (χ1) is 13.3. The zero-order valence-electron chi connectivity index (χ0n) is 16.2. The molecule has 144 valence electrons. The third kappa shape index (κ3) is 4.05. The van der Waals surface area contributed by atoms with E-state index in [0.717, 1.165) is 23.6 Å². The lowest BCUT2D eigenvalue weighted by atomic mass is 9.92. The van der Waals surface area contributed by atoms with Crippen LogP contribution in [0.2, 0.25) is 0 Å². The molecule has 0 bridgehead atoms. The van der Waals surface area contributed by atoms with Crippen LogP contribution in [0.25, 0.3) is 11.3 Å². The third-order valence-electron chi connectivity index (χ3n) is 6.08. The number of piperidine rings is 1. The van der Waals surface area contributed by atoms with Crippen LogP contribution in [-0.2, 0) is 0 Å². The fraction of sp³-hybridized carbons (Fsp3) is 0.571. The highest BCUT2D eigenvalue weighted by Crippen LogP contribution is 2.37. The summed E-state index contributed by atoms with van der Waals surface area (Å²) < 4.78 is 5.23. The van der Waals surface area contributed by atoms with Crippen molar-refractivity contribution in [3.63, 3.8) is 0 Å². The lowest BCUT2D eigenvalue weighted by Crippen LogP contribution is -2.53. The number of nitrogens with one attached hydrogen (secondary N) is 1. The van der Waals surface area contributed by atoms with Crippen molar-refractivity contribution in [1.82, 2.24) is 20.1 Å². The molecule has 0 spiro atoms. The van der Waals surface area contributed by atoms with Crippen LogP contribution in [0.15, 0.2) is 30.5 Å². The minimum absolute atomic E-state index is 0.264. The molecule has 1 N–H and O–H groups in total. The summed E-state index contributed by atoms with van der Waals surface area (Å²) in [4.78, 5) is 7.41. The number of anilines is 1. The molecule has 0 unspecified atom stereocenters. The summed E-state index contributed by atoms with van der Waals surface area (Å²) in [5.41, 5.74) is 2.11. The zero-order valence-corrected chi connectivity index (χ0v) is 16.2. The van der Waals surface area contributed by atoms with E-state index >= 15 is 0 Å². The van der Waals surface area contributed by atoms with Crippen LogP contribution in [-0.4, -0.2) is 52.4 Å². The molecule has 2 fully saturated rings. The second-order valence-electron chi connectivity index (χ2n) is 7.73. The number of ether oxygens (including phenoxy) is 1. The van der Waals surface area contributed by atoms with Gasteiger partial charge in [0.05, 0.1) is 19.0 Å². The van der Waals surface area contributed by atoms with Crippen molar-refractivity contribution in [2.75, 3.05) is 32.1 Å². The molecule has 1 aromatic heterocycles. The molecular weight excluding hydrogens is 338 g/mol. The Hall–Kier alpha value is -2.21. The van der Waals surface area contributed by atoms with Crippen molar-refractivity contribution in [3.8, 4) is 17.0 Å². The van der Waals surface area contributed by atoms with Crippen molar-refractivity contribution >= 4 is 5.95 Å². The largest absolute Gasteiger partial charge is 0.497 e. The van der Waals surface area contributed by atoms with Gasteiger partial charge in [0.1, 0.15) is 5.75 Å². The number of rotatable bonds is 6. The van der Waals surface area contributed by atoms with Gasteiger partial charge >= 0.3 is 0 Å². The smallest absolute Gasteiger partial charge is 0.243 e. The number of nitrogens with zero attached hydrogens (tertiary/aromatic N) is 4. The fourth-order valence-corrected chi connectivity index (χ4v) is 4.53. The first-order valence-electron chi connectivity index (χ1n) is 10.1. The summed E-state index contributed by atoms with van der Waals surface area (Å²) in [7, 11) is 1.67. The molecule has 1 aromatic carbocycles. The van der Waals surface area contributed by atoms with Crippen molar-refractivity contribution in [3.05, 3.63) is 30.5 Å². The fourth-order valence-electron chi connectivity index (χ4n) is 4.53. The maximum absolute atomic E-state index is 5.23. The molecule has 0 amide bonds. The number of benzene rings is 1. The van der Waals surface area contributed by atoms with Gasteiger partial charge in [0.25, 0.3) is 0 Å². The first-order valence-corrected chi connectivity index (χ1v) is 10.1. The Kier molecular flexibility index (Phi) is 5.53. The second-order valence-corrected chi connectivity index (χ2v) is 7.73. The van der Waals surface area contributed by atoms with Gasteiger partial charge in [0.15, 0.2) is 0 Å². The highest BCUT2D eigenvalue weighted by atomic mass is 16.5. The molecule has 1 aliphatic carbocycles. The molecule has 1 aliphatic heterocycles. The predicted octanol–water partition coefficient (Wildman–Crippen LogP) is 3.76. The molecule has 1 saturated carbocycles. The van der Waals surface area contributed by atoms with Crippen LogP contribution in [0.5, 0.6) is 5.75 Å². The number of hydrogen-bond donors (Lipinski definition) is 1. The van der Waals surface area contributed by atoms with Crippen molar-refractivity contribution < 1.29 is 4.74 Å². The van der Waals surface area contributed by atoms with Crippen molar-refractivity contribution in [2.45, 2.75) is 50.5 Å². The third-order valence-corrected chi connectivity index (χ3v) is 6.08. The van der Waals surface area contributed by atoms with Gasteiger partial charge in [-0.1, -0.05) is 19.3 Å². The summed E-state index contributed by atoms with van der Waals surface area (Å²) in [5, 5.41) is 11.9. The monoisotopic (exact) mass is 367 g/mol. The van der Waals surface area contributed by atoms with Gasteiger partial charge in [-0.15, -0.1) is 5.10 Å². The van der Waals surface area contributed by atoms with Crippen molar-refractivity contribution in [2.24, 2.45) is 0 Å². The van der Waals surface area contributed by atoms with E-state index in [0.29, 0.717) is 5.95 Å². The first kappa shape index (κ1) is 18.2. The second kappa shape index (κ2) is 8.21. The van der Waals surface area contributed by atoms with E-state index in [4.69, 9.17) is 9.72 Å². The summed E-state index contributed by atoms with van der Waals surface area (Å²) in [6, 6.07) is 7.88. The van der Waals surface area contributed by atoms with Gasteiger partial charge in [-0.25, -0.2) is 4.98 Å². The molecule has 6 nitrogen and oxygen atoms in total. The van der Waals surface area contributed by atoms with E-state index in [2.05, 4.69) is 20.4 Å². The van der Waals surface area contributed by atoms with Gasteiger partial charge in [0.2, 0.25) is 5.95 Å². The van der Waals surface area contributed by atoms with E-state index in [1.807, 2.05) is 24.3 Å². The molecular formula is C21H29N5O. The van der Waals surface area contributed by atoms with E-state index in [-0.39, 0.29) is 5.54 Å². The molecule has 0 radical (unpaired) electrons. The molecule has 6 heteroatoms. The molecule has 0 atom stereocenters. The Bertz CT molecular complexity index is 736. The lowest BCUT2D eigenvalue weighted by Gasteiger charge is -2.43. The molecule has 2 heterocycles. The van der Waals surface area contributed by atoms with Gasteiger partial charge in [0, 0.05) is 17.6 Å². The molecule has 27 heavy (non-hydrogen) atoms. The number of aromatic nitrogens is 3. The van der Waals surface area contributed by atoms with Gasteiger partial charge in [-0.2, -0.15) is 5.10 Å². The van der Waals surface area contributed by atoms with Gasteiger partial charge < -0.3 is 10.1 Å². The summed E-state index contributed by atoms with van der Waals surface area (Å²) in [5.74, 6) is 1.45. The Morgan fingerprint density at radius 3 is 2.48 bits per heavy atom. The molecule has 4 rings (SSSR count).